The average Bonchev–Trinajstić information content (AvgIpc) is 2.73. The standard InChI is InChI=1S/C19H20N4O3S/c20-14-16-3-6-18(7-4-16)27(25,26)23-12-10-22(11-13-23)19(24)8-5-17-2-1-9-21-15-17/h1-4,6-7,9,15H,5,8,10-13H2. The van der Waals surface area contributed by atoms with Crippen molar-refractivity contribution in [3.8, 4) is 6.07 Å². The van der Waals surface area contributed by atoms with E-state index >= 15 is 0 Å². The van der Waals surface area contributed by atoms with Crippen LogP contribution in [0.15, 0.2) is 53.7 Å². The maximum Gasteiger partial charge on any atom is 0.243 e. The quantitative estimate of drug-likeness (QED) is 0.777. The van der Waals surface area contributed by atoms with Crippen molar-refractivity contribution in [1.82, 2.24) is 14.2 Å². The van der Waals surface area contributed by atoms with Crippen LogP contribution in [0.25, 0.3) is 0 Å². The molecule has 0 atom stereocenters. The first-order valence-electron chi connectivity index (χ1n) is 8.68. The van der Waals surface area contributed by atoms with Gasteiger partial charge in [-0.2, -0.15) is 9.57 Å². The normalized spacial score (nSPS) is 15.3. The van der Waals surface area contributed by atoms with Gasteiger partial charge in [-0.15, -0.1) is 0 Å². The van der Waals surface area contributed by atoms with Crippen molar-refractivity contribution >= 4 is 15.9 Å². The van der Waals surface area contributed by atoms with E-state index in [1.54, 1.807) is 17.3 Å². The van der Waals surface area contributed by atoms with E-state index in [-0.39, 0.29) is 23.9 Å². The third-order valence-electron chi connectivity index (χ3n) is 4.56. The summed E-state index contributed by atoms with van der Waals surface area (Å²) >= 11 is 0. The molecule has 0 N–H and O–H groups in total. The first-order valence-corrected chi connectivity index (χ1v) is 10.1. The Hall–Kier alpha value is -2.76. The molecule has 0 bridgehead atoms. The molecule has 7 nitrogen and oxygen atoms in total. The van der Waals surface area contributed by atoms with Gasteiger partial charge in [-0.1, -0.05) is 6.07 Å². The largest absolute Gasteiger partial charge is 0.340 e. The Labute approximate surface area is 158 Å². The van der Waals surface area contributed by atoms with Crippen molar-refractivity contribution in [1.29, 1.82) is 5.26 Å². The summed E-state index contributed by atoms with van der Waals surface area (Å²) in [6.07, 6.45) is 4.44. The van der Waals surface area contributed by atoms with E-state index in [4.69, 9.17) is 5.26 Å². The zero-order chi connectivity index (χ0) is 19.3. The Morgan fingerprint density at radius 1 is 1.11 bits per heavy atom. The predicted molar refractivity (Wildman–Crippen MR) is 99.1 cm³/mol. The van der Waals surface area contributed by atoms with Crippen LogP contribution in [0.3, 0.4) is 0 Å². The van der Waals surface area contributed by atoms with Gasteiger partial charge >= 0.3 is 0 Å². The second-order valence-corrected chi connectivity index (χ2v) is 8.22. The number of piperazine rings is 1. The Bertz CT molecular complexity index is 929. The summed E-state index contributed by atoms with van der Waals surface area (Å²) in [5, 5.41) is 8.83. The van der Waals surface area contributed by atoms with Crippen molar-refractivity contribution in [3.05, 3.63) is 59.9 Å². The molecule has 2 aromatic rings. The lowest BCUT2D eigenvalue weighted by molar-refractivity contribution is -0.132. The van der Waals surface area contributed by atoms with Gasteiger partial charge in [-0.05, 0) is 42.3 Å². The number of sulfonamides is 1. The van der Waals surface area contributed by atoms with Crippen molar-refractivity contribution in [2.45, 2.75) is 17.7 Å². The fourth-order valence-electron chi connectivity index (χ4n) is 2.98. The monoisotopic (exact) mass is 384 g/mol. The molecule has 0 spiro atoms. The predicted octanol–water partition coefficient (Wildman–Crippen LogP) is 1.42. The van der Waals surface area contributed by atoms with Crippen LogP contribution < -0.4 is 0 Å². The van der Waals surface area contributed by atoms with Crippen molar-refractivity contribution < 1.29 is 13.2 Å². The van der Waals surface area contributed by atoms with Crippen LogP contribution in [-0.2, 0) is 21.2 Å². The molecule has 1 aliphatic rings. The number of nitrogens with zero attached hydrogens (tertiary/aromatic N) is 4. The van der Waals surface area contributed by atoms with Gasteiger partial charge in [0.1, 0.15) is 0 Å². The first-order chi connectivity index (χ1) is 13.0. The van der Waals surface area contributed by atoms with E-state index in [2.05, 4.69) is 4.98 Å². The Morgan fingerprint density at radius 3 is 2.41 bits per heavy atom. The molecule has 0 radical (unpaired) electrons. The fourth-order valence-corrected chi connectivity index (χ4v) is 4.41. The number of carbonyl (C=O) groups excluding carboxylic acids is 1. The Kier molecular flexibility index (Phi) is 5.84. The van der Waals surface area contributed by atoms with Crippen molar-refractivity contribution in [2.75, 3.05) is 26.2 Å². The van der Waals surface area contributed by atoms with Crippen LogP contribution in [-0.4, -0.2) is 54.7 Å². The number of amides is 1. The van der Waals surface area contributed by atoms with Gasteiger partial charge in [0.15, 0.2) is 0 Å². The molecule has 0 unspecified atom stereocenters. The average molecular weight is 384 g/mol. The number of benzene rings is 1. The summed E-state index contributed by atoms with van der Waals surface area (Å²) in [4.78, 5) is 18.3. The molecule has 1 saturated heterocycles. The Balaban J connectivity index is 1.56. The molecule has 27 heavy (non-hydrogen) atoms. The van der Waals surface area contributed by atoms with E-state index in [0.29, 0.717) is 31.5 Å². The third kappa shape index (κ3) is 4.51. The zero-order valence-electron chi connectivity index (χ0n) is 14.8. The highest BCUT2D eigenvalue weighted by Crippen LogP contribution is 2.18. The summed E-state index contributed by atoms with van der Waals surface area (Å²) in [6.45, 7) is 1.28. The highest BCUT2D eigenvalue weighted by Gasteiger charge is 2.29. The molecular formula is C19H20N4O3S. The van der Waals surface area contributed by atoms with Gasteiger partial charge in [0, 0.05) is 45.0 Å². The molecule has 1 fully saturated rings. The minimum Gasteiger partial charge on any atom is -0.340 e. The number of rotatable bonds is 5. The fraction of sp³-hybridized carbons (Fsp3) is 0.316. The number of aryl methyl sites for hydroxylation is 1. The van der Waals surface area contributed by atoms with Crippen LogP contribution in [0.5, 0.6) is 0 Å². The molecule has 1 amide bonds. The molecule has 1 aromatic carbocycles. The van der Waals surface area contributed by atoms with Gasteiger partial charge in [-0.3, -0.25) is 9.78 Å². The van der Waals surface area contributed by atoms with Crippen molar-refractivity contribution in [3.63, 3.8) is 0 Å². The van der Waals surface area contributed by atoms with Gasteiger partial charge in [-0.25, -0.2) is 8.42 Å². The van der Waals surface area contributed by atoms with E-state index in [9.17, 15) is 13.2 Å². The topological polar surface area (TPSA) is 94.4 Å². The summed E-state index contributed by atoms with van der Waals surface area (Å²) < 4.78 is 26.8. The van der Waals surface area contributed by atoms with E-state index in [1.807, 2.05) is 18.2 Å². The summed E-state index contributed by atoms with van der Waals surface area (Å²) in [5.41, 5.74) is 1.42. The smallest absolute Gasteiger partial charge is 0.243 e. The zero-order valence-corrected chi connectivity index (χ0v) is 15.6. The maximum absolute atomic E-state index is 12.7. The van der Waals surface area contributed by atoms with Crippen LogP contribution in [0.2, 0.25) is 0 Å². The molecule has 140 valence electrons. The van der Waals surface area contributed by atoms with E-state index in [1.165, 1.54) is 28.6 Å². The Morgan fingerprint density at radius 2 is 1.81 bits per heavy atom. The number of aromatic nitrogens is 1. The summed E-state index contributed by atoms with van der Waals surface area (Å²) in [6, 6.07) is 11.6. The van der Waals surface area contributed by atoms with Crippen LogP contribution >= 0.6 is 0 Å². The molecule has 8 heteroatoms. The minimum absolute atomic E-state index is 0.0225. The summed E-state index contributed by atoms with van der Waals surface area (Å²) in [7, 11) is -3.61. The molecule has 0 aliphatic carbocycles. The molecule has 0 saturated carbocycles. The number of hydrogen-bond acceptors (Lipinski definition) is 5. The lowest BCUT2D eigenvalue weighted by atomic mass is 10.1. The SMILES string of the molecule is N#Cc1ccc(S(=O)(=O)N2CCN(C(=O)CCc3cccnc3)CC2)cc1. The lowest BCUT2D eigenvalue weighted by Crippen LogP contribution is -2.50. The molecule has 3 rings (SSSR count). The highest BCUT2D eigenvalue weighted by atomic mass is 32.2. The van der Waals surface area contributed by atoms with Gasteiger partial charge in [0.2, 0.25) is 15.9 Å². The van der Waals surface area contributed by atoms with Gasteiger partial charge in [0.25, 0.3) is 0 Å². The second-order valence-electron chi connectivity index (χ2n) is 6.28. The summed E-state index contributed by atoms with van der Waals surface area (Å²) in [5.74, 6) is 0.0225. The minimum atomic E-state index is -3.61. The molecule has 1 aromatic heterocycles. The highest BCUT2D eigenvalue weighted by molar-refractivity contribution is 7.89. The van der Waals surface area contributed by atoms with Gasteiger partial charge < -0.3 is 4.90 Å². The van der Waals surface area contributed by atoms with Crippen LogP contribution in [0, 0.1) is 11.3 Å². The third-order valence-corrected chi connectivity index (χ3v) is 6.48. The number of nitriles is 1. The lowest BCUT2D eigenvalue weighted by Gasteiger charge is -2.34. The maximum atomic E-state index is 12.7. The van der Waals surface area contributed by atoms with Crippen molar-refractivity contribution in [2.24, 2.45) is 0 Å². The number of hydrogen-bond donors (Lipinski definition) is 0. The second kappa shape index (κ2) is 8.29. The van der Waals surface area contributed by atoms with Gasteiger partial charge in [0.05, 0.1) is 16.5 Å². The number of pyridine rings is 1. The van der Waals surface area contributed by atoms with E-state index in [0.717, 1.165) is 5.56 Å². The van der Waals surface area contributed by atoms with Crippen LogP contribution in [0.4, 0.5) is 0 Å². The molecule has 2 heterocycles. The molecular weight excluding hydrogens is 364 g/mol. The van der Waals surface area contributed by atoms with E-state index < -0.39 is 10.0 Å². The molecule has 1 aliphatic heterocycles. The van der Waals surface area contributed by atoms with Crippen LogP contribution in [0.1, 0.15) is 17.5 Å². The first kappa shape index (κ1) is 19.0. The number of carbonyl (C=O) groups is 1.